The topological polar surface area (TPSA) is 0 Å². The average molecular weight is 551 g/mol. The Balaban J connectivity index is 1.14. The number of fused-ring (bicyclic) bond motifs is 10. The quantitative estimate of drug-likeness (QED) is 0.228. The van der Waals surface area contributed by atoms with E-state index in [-0.39, 0.29) is 0 Å². The number of hydrogen-bond donors (Lipinski definition) is 0. The molecular formula is C32H48FeP2. The van der Waals surface area contributed by atoms with Gasteiger partial charge in [-0.1, -0.05) is 0 Å². The summed E-state index contributed by atoms with van der Waals surface area (Å²) >= 11 is 0. The minimum atomic E-state index is -3.62. The van der Waals surface area contributed by atoms with Gasteiger partial charge in [-0.05, 0) is 0 Å². The summed E-state index contributed by atoms with van der Waals surface area (Å²) in [7, 11) is 8.09. The zero-order chi connectivity index (χ0) is 22.6. The third-order valence-electron chi connectivity index (χ3n) is 24.2. The molecule has 194 valence electrons. The number of rotatable bonds is 6. The van der Waals surface area contributed by atoms with Gasteiger partial charge in [0, 0.05) is 0 Å². The molecule has 0 aromatic carbocycles. The molecule has 0 bridgehead atoms. The molecule has 0 nitrogen and oxygen atoms in total. The molecule has 14 rings (SSSR count). The maximum absolute atomic E-state index is 4.04. The summed E-state index contributed by atoms with van der Waals surface area (Å²) in [6.07, 6.45) is 25.8. The first kappa shape index (κ1) is 18.7. The fourth-order valence-electron chi connectivity index (χ4n) is 26.6. The van der Waals surface area contributed by atoms with Crippen LogP contribution in [0.5, 0.6) is 0 Å². The van der Waals surface area contributed by atoms with Gasteiger partial charge in [-0.15, -0.1) is 0 Å². The van der Waals surface area contributed by atoms with Crippen LogP contribution in [0.2, 0.25) is 47.2 Å². The predicted octanol–water partition coefficient (Wildman–Crippen LogP) is 10.1. The van der Waals surface area contributed by atoms with Crippen molar-refractivity contribution in [3.63, 3.8) is 0 Å². The van der Waals surface area contributed by atoms with Gasteiger partial charge in [0.15, 0.2) is 0 Å². The summed E-state index contributed by atoms with van der Waals surface area (Å²) in [6, 6.07) is 0. The molecule has 14 fully saturated rings. The molecular weight excluding hydrogens is 502 g/mol. The molecule has 0 N–H and O–H groups in total. The van der Waals surface area contributed by atoms with E-state index < -0.39 is 6.51 Å². The van der Waals surface area contributed by atoms with E-state index in [4.69, 9.17) is 0 Å². The third-order valence-corrected chi connectivity index (χ3v) is 70.7. The summed E-state index contributed by atoms with van der Waals surface area (Å²) in [6.45, 7) is -3.62. The minimum absolute atomic E-state index is 0.726. The molecule has 10 aliphatic heterocycles. The third kappa shape index (κ3) is 0.443. The molecule has 14 aliphatic rings. The van der Waals surface area contributed by atoms with Crippen LogP contribution in [0.15, 0.2) is 0 Å². The summed E-state index contributed by atoms with van der Waals surface area (Å²) in [5.41, 5.74) is 0. The molecule has 10 saturated heterocycles. The first-order valence-corrected chi connectivity index (χ1v) is 24.0. The molecule has 4 saturated carbocycles. The van der Waals surface area contributed by atoms with Gasteiger partial charge in [-0.2, -0.15) is 0 Å². The second-order valence-electron chi connectivity index (χ2n) is 19.5. The molecule has 6 atom stereocenters. The van der Waals surface area contributed by atoms with Crippen molar-refractivity contribution in [2.24, 2.45) is 23.7 Å². The fraction of sp³-hybridized carbons (Fsp3) is 1.00. The van der Waals surface area contributed by atoms with E-state index >= 15 is 0 Å². The first-order chi connectivity index (χ1) is 16.9. The predicted molar refractivity (Wildman–Crippen MR) is 148 cm³/mol. The van der Waals surface area contributed by atoms with Gasteiger partial charge in [0.1, 0.15) is 0 Å². The number of hydrogen-bond acceptors (Lipinski definition) is 0. The molecule has 1 spiro atoms. The van der Waals surface area contributed by atoms with Crippen molar-refractivity contribution in [3.8, 4) is 0 Å². The van der Waals surface area contributed by atoms with E-state index in [1.165, 1.54) is 38.5 Å². The van der Waals surface area contributed by atoms with Gasteiger partial charge in [-0.3, -0.25) is 0 Å². The second-order valence-corrected chi connectivity index (χ2v) is 44.7. The fourth-order valence-corrected chi connectivity index (χ4v) is 112. The van der Waals surface area contributed by atoms with E-state index in [0.717, 1.165) is 42.6 Å². The maximum atomic E-state index is 4.04. The van der Waals surface area contributed by atoms with E-state index in [1.807, 2.05) is 0 Å². The molecule has 0 aromatic heterocycles. The zero-order valence-electron chi connectivity index (χ0n) is 21.8. The Labute approximate surface area is 208 Å². The van der Waals surface area contributed by atoms with Crippen LogP contribution in [0.3, 0.4) is 0 Å². The molecule has 0 radical (unpaired) electrons. The normalized spacial score (nSPS) is 78.6. The summed E-state index contributed by atoms with van der Waals surface area (Å²) in [5, 5.41) is 1.45. The van der Waals surface area contributed by atoms with Crippen molar-refractivity contribution in [2.45, 2.75) is 160 Å². The Bertz CT molecular complexity index is 1370. The Morgan fingerprint density at radius 3 is 0.886 bits per heavy atom. The van der Waals surface area contributed by atoms with Gasteiger partial charge < -0.3 is 0 Å². The standard InChI is InChI=1S/C27H43P2.C5H5.Fe/c28-26(20-10-1-2-11-20,21-12-3-4-13-21)24-18-9-19-25(24)27(29,22-14-5-6-15-22)23-16-7-8-17-23;1-2-4-5-3-1;/h9,18-23H,1-8,10-17,28-29H2;1-5H;. The van der Waals surface area contributed by atoms with E-state index in [9.17, 15) is 0 Å². The van der Waals surface area contributed by atoms with Crippen molar-refractivity contribution in [1.29, 1.82) is 0 Å². The Morgan fingerprint density at radius 1 is 0.429 bits per heavy atom. The van der Waals surface area contributed by atoms with Gasteiger partial charge in [0.2, 0.25) is 0 Å². The SMILES string of the molecule is PC(C1CCCC1)(C1CCCC1)[C]12[CH]3[CH]4[CH]5[C]1(C(P)(C1CCCC1)C1CCCC1)[Fe]43521678[CH]2[CH]1[CH]6[CH]7[CH]28. The van der Waals surface area contributed by atoms with E-state index in [2.05, 4.69) is 18.5 Å². The molecule has 35 heavy (non-hydrogen) atoms. The summed E-state index contributed by atoms with van der Waals surface area (Å²) in [4.78, 5) is 11.8. The van der Waals surface area contributed by atoms with Crippen molar-refractivity contribution in [3.05, 3.63) is 0 Å². The molecule has 6 unspecified atom stereocenters. The Morgan fingerprint density at radius 2 is 0.686 bits per heavy atom. The van der Waals surface area contributed by atoms with Crippen LogP contribution in [-0.2, 0) is 6.51 Å². The zero-order valence-corrected chi connectivity index (χ0v) is 25.2. The average Bonchev–Trinajstić information content (AvgIpc) is 3.64. The second kappa shape index (κ2) is 2.79. The van der Waals surface area contributed by atoms with Crippen LogP contribution in [0.4, 0.5) is 0 Å². The van der Waals surface area contributed by atoms with Crippen LogP contribution < -0.4 is 0 Å². The van der Waals surface area contributed by atoms with Crippen LogP contribution in [0, 0.1) is 23.7 Å². The van der Waals surface area contributed by atoms with Crippen LogP contribution in [0.25, 0.3) is 0 Å². The summed E-state index contributed by atoms with van der Waals surface area (Å²) < 4.78 is 2.03. The first-order valence-electron chi connectivity index (χ1n) is 16.6. The Hall–Kier alpha value is 1.38. The molecule has 4 aliphatic carbocycles. The molecule has 0 aromatic rings. The molecule has 3 heteroatoms. The molecule has 0 amide bonds. The van der Waals surface area contributed by atoms with Crippen LogP contribution in [-0.4, -0.2) is 10.3 Å². The van der Waals surface area contributed by atoms with E-state index in [1.54, 1.807) is 103 Å². The van der Waals surface area contributed by atoms with Gasteiger partial charge in [0.05, 0.1) is 0 Å². The van der Waals surface area contributed by atoms with E-state index in [0.29, 0.717) is 0 Å². The molecule has 10 heterocycles. The van der Waals surface area contributed by atoms with Gasteiger partial charge in [-0.25, -0.2) is 0 Å². The summed E-state index contributed by atoms with van der Waals surface area (Å²) in [5.74, 6) is 4.48. The van der Waals surface area contributed by atoms with Crippen LogP contribution in [0.1, 0.15) is 103 Å². The van der Waals surface area contributed by atoms with Crippen molar-refractivity contribution >= 4 is 18.5 Å². The van der Waals surface area contributed by atoms with Crippen molar-refractivity contribution < 1.29 is 6.51 Å². The van der Waals surface area contributed by atoms with Crippen LogP contribution >= 0.6 is 18.5 Å². The van der Waals surface area contributed by atoms with Gasteiger partial charge in [0.25, 0.3) is 0 Å². The monoisotopic (exact) mass is 550 g/mol. The Kier molecular flexibility index (Phi) is 1.49. The van der Waals surface area contributed by atoms with Crippen molar-refractivity contribution in [2.75, 3.05) is 0 Å². The van der Waals surface area contributed by atoms with Crippen molar-refractivity contribution in [1.82, 2.24) is 0 Å². The van der Waals surface area contributed by atoms with Gasteiger partial charge >= 0.3 is 209 Å².